The summed E-state index contributed by atoms with van der Waals surface area (Å²) >= 11 is 0. The second-order valence-electron chi connectivity index (χ2n) is 9.62. The second kappa shape index (κ2) is 9.89. The van der Waals surface area contributed by atoms with Gasteiger partial charge in [-0.2, -0.15) is 4.98 Å². The number of anilines is 2. The van der Waals surface area contributed by atoms with Crippen LogP contribution in [0.25, 0.3) is 10.9 Å². The van der Waals surface area contributed by atoms with Crippen LogP contribution >= 0.6 is 0 Å². The molecule has 2 aromatic heterocycles. The Balaban J connectivity index is 1.60. The van der Waals surface area contributed by atoms with E-state index in [0.29, 0.717) is 23.8 Å². The summed E-state index contributed by atoms with van der Waals surface area (Å²) in [6.07, 6.45) is 2.73. The quantitative estimate of drug-likeness (QED) is 0.354. The highest BCUT2D eigenvalue weighted by atomic mass is 16.3. The number of hydrogen-bond donors (Lipinski definition) is 3. The standard InChI is InChI=1S/C28H32N6O2/c1-18(2)34-17-23-25(27(34)36)31-28(33-15-14-22(16-33)29-19(3)35)32-26(23)30-24(20-10-6-4-7-11-20)21-12-8-5-9-13-21/h4-13,17-18,22,24,36H,14-16H2,1-3H3,(H,29,35)(H,30,31,32). The van der Waals surface area contributed by atoms with E-state index in [4.69, 9.17) is 9.97 Å². The molecule has 1 amide bonds. The van der Waals surface area contributed by atoms with Gasteiger partial charge in [-0.1, -0.05) is 60.7 Å². The van der Waals surface area contributed by atoms with Crippen molar-refractivity contribution in [3.05, 3.63) is 78.0 Å². The number of hydrogen-bond acceptors (Lipinski definition) is 6. The first-order valence-corrected chi connectivity index (χ1v) is 12.4. The van der Waals surface area contributed by atoms with Gasteiger partial charge in [0.2, 0.25) is 17.7 Å². The van der Waals surface area contributed by atoms with Gasteiger partial charge < -0.3 is 25.2 Å². The lowest BCUT2D eigenvalue weighted by atomic mass is 9.98. The number of rotatable bonds is 7. The van der Waals surface area contributed by atoms with E-state index in [-0.39, 0.29) is 29.9 Å². The van der Waals surface area contributed by atoms with Gasteiger partial charge in [0.1, 0.15) is 11.3 Å². The number of nitrogens with zero attached hydrogens (tertiary/aromatic N) is 4. The lowest BCUT2D eigenvalue weighted by Crippen LogP contribution is -2.35. The van der Waals surface area contributed by atoms with Crippen LogP contribution in [0, 0.1) is 0 Å². The van der Waals surface area contributed by atoms with Gasteiger partial charge in [0.25, 0.3) is 0 Å². The van der Waals surface area contributed by atoms with Crippen molar-refractivity contribution in [1.29, 1.82) is 0 Å². The molecular formula is C28H32N6O2. The van der Waals surface area contributed by atoms with E-state index < -0.39 is 0 Å². The van der Waals surface area contributed by atoms with E-state index in [1.165, 1.54) is 6.92 Å². The molecule has 2 aromatic carbocycles. The molecule has 5 rings (SSSR count). The highest BCUT2D eigenvalue weighted by Crippen LogP contribution is 2.37. The Hall–Kier alpha value is -4.07. The molecule has 0 aliphatic carbocycles. The maximum atomic E-state index is 11.6. The van der Waals surface area contributed by atoms with E-state index in [1.807, 2.05) is 61.0 Å². The fourth-order valence-corrected chi connectivity index (χ4v) is 4.85. The minimum atomic E-state index is -0.145. The van der Waals surface area contributed by atoms with Crippen molar-refractivity contribution in [2.24, 2.45) is 0 Å². The van der Waals surface area contributed by atoms with E-state index in [0.717, 1.165) is 29.5 Å². The number of fused-ring (bicyclic) bond motifs is 1. The minimum absolute atomic E-state index is 0.0409. The Morgan fingerprint density at radius 2 is 1.67 bits per heavy atom. The van der Waals surface area contributed by atoms with Gasteiger partial charge in [0, 0.05) is 38.3 Å². The molecule has 0 bridgehead atoms. The third kappa shape index (κ3) is 4.71. The molecule has 3 heterocycles. The summed E-state index contributed by atoms with van der Waals surface area (Å²) in [4.78, 5) is 23.4. The van der Waals surface area contributed by atoms with Crippen molar-refractivity contribution in [1.82, 2.24) is 19.9 Å². The number of benzene rings is 2. The maximum absolute atomic E-state index is 11.6. The first-order valence-electron chi connectivity index (χ1n) is 12.4. The van der Waals surface area contributed by atoms with E-state index in [9.17, 15) is 9.90 Å². The summed E-state index contributed by atoms with van der Waals surface area (Å²) in [7, 11) is 0. The number of amides is 1. The molecule has 4 aromatic rings. The van der Waals surface area contributed by atoms with Gasteiger partial charge in [-0.3, -0.25) is 4.79 Å². The molecule has 3 N–H and O–H groups in total. The number of aromatic hydroxyl groups is 1. The zero-order valence-corrected chi connectivity index (χ0v) is 20.8. The second-order valence-corrected chi connectivity index (χ2v) is 9.62. The van der Waals surface area contributed by atoms with Gasteiger partial charge >= 0.3 is 0 Å². The highest BCUT2D eigenvalue weighted by Gasteiger charge is 2.28. The Kier molecular flexibility index (Phi) is 6.50. The fraction of sp³-hybridized carbons (Fsp3) is 0.321. The summed E-state index contributed by atoms with van der Waals surface area (Å²) in [5.41, 5.74) is 2.73. The van der Waals surface area contributed by atoms with Crippen molar-refractivity contribution in [2.45, 2.75) is 45.3 Å². The van der Waals surface area contributed by atoms with Crippen LogP contribution in [0.4, 0.5) is 11.8 Å². The summed E-state index contributed by atoms with van der Waals surface area (Å²) in [6, 6.07) is 20.5. The van der Waals surface area contributed by atoms with Crippen molar-refractivity contribution in [2.75, 3.05) is 23.3 Å². The molecule has 8 heteroatoms. The molecule has 1 unspecified atom stereocenters. The summed E-state index contributed by atoms with van der Waals surface area (Å²) in [5, 5.41) is 18.5. The number of nitrogens with one attached hydrogen (secondary N) is 2. The van der Waals surface area contributed by atoms with Crippen LogP contribution in [0.15, 0.2) is 66.9 Å². The lowest BCUT2D eigenvalue weighted by Gasteiger charge is -2.23. The van der Waals surface area contributed by atoms with Crippen molar-refractivity contribution < 1.29 is 9.90 Å². The third-order valence-electron chi connectivity index (χ3n) is 6.64. The largest absolute Gasteiger partial charge is 0.493 e. The van der Waals surface area contributed by atoms with E-state index >= 15 is 0 Å². The smallest absolute Gasteiger partial charge is 0.228 e. The molecule has 36 heavy (non-hydrogen) atoms. The molecule has 8 nitrogen and oxygen atoms in total. The van der Waals surface area contributed by atoms with Gasteiger partial charge in [-0.15, -0.1) is 0 Å². The van der Waals surface area contributed by atoms with Gasteiger partial charge in [-0.05, 0) is 31.4 Å². The van der Waals surface area contributed by atoms with E-state index in [2.05, 4.69) is 39.8 Å². The molecule has 1 aliphatic heterocycles. The zero-order chi connectivity index (χ0) is 25.2. The summed E-state index contributed by atoms with van der Waals surface area (Å²) < 4.78 is 1.82. The van der Waals surface area contributed by atoms with Crippen molar-refractivity contribution in [3.8, 4) is 5.88 Å². The topological polar surface area (TPSA) is 95.3 Å². The molecule has 1 fully saturated rings. The van der Waals surface area contributed by atoms with E-state index in [1.54, 1.807) is 0 Å². The Morgan fingerprint density at radius 1 is 1.03 bits per heavy atom. The normalized spacial score (nSPS) is 15.7. The predicted octanol–water partition coefficient (Wildman–Crippen LogP) is 4.63. The number of carbonyl (C=O) groups is 1. The van der Waals surface area contributed by atoms with Crippen LogP contribution in [0.5, 0.6) is 5.88 Å². The van der Waals surface area contributed by atoms with Crippen LogP contribution in [-0.4, -0.2) is 44.7 Å². The van der Waals surface area contributed by atoms with Gasteiger partial charge in [0.05, 0.1) is 11.4 Å². The van der Waals surface area contributed by atoms with Crippen molar-refractivity contribution >= 4 is 28.6 Å². The van der Waals surface area contributed by atoms with Crippen LogP contribution in [-0.2, 0) is 4.79 Å². The Labute approximate surface area is 211 Å². The molecule has 0 saturated carbocycles. The van der Waals surface area contributed by atoms with Crippen LogP contribution in [0.1, 0.15) is 50.4 Å². The Morgan fingerprint density at radius 3 is 2.25 bits per heavy atom. The molecule has 1 saturated heterocycles. The van der Waals surface area contributed by atoms with Gasteiger partial charge in [-0.25, -0.2) is 4.98 Å². The number of carbonyl (C=O) groups excluding carboxylic acids is 1. The summed E-state index contributed by atoms with van der Waals surface area (Å²) in [6.45, 7) is 6.93. The molecule has 186 valence electrons. The maximum Gasteiger partial charge on any atom is 0.228 e. The molecular weight excluding hydrogens is 452 g/mol. The third-order valence-corrected chi connectivity index (χ3v) is 6.64. The fourth-order valence-electron chi connectivity index (χ4n) is 4.85. The van der Waals surface area contributed by atoms with Crippen LogP contribution in [0.2, 0.25) is 0 Å². The highest BCUT2D eigenvalue weighted by molar-refractivity contribution is 5.94. The van der Waals surface area contributed by atoms with Crippen LogP contribution in [0.3, 0.4) is 0 Å². The first-order chi connectivity index (χ1) is 17.4. The molecule has 1 aliphatic rings. The molecule has 0 spiro atoms. The van der Waals surface area contributed by atoms with Crippen molar-refractivity contribution in [3.63, 3.8) is 0 Å². The SMILES string of the molecule is CC(=O)NC1CCN(c2nc(NC(c3ccccc3)c3ccccc3)c3cn(C(C)C)c(O)c3n2)C1. The monoisotopic (exact) mass is 484 g/mol. The first kappa shape index (κ1) is 23.7. The molecule has 0 radical (unpaired) electrons. The molecule has 1 atom stereocenters. The predicted molar refractivity (Wildman–Crippen MR) is 142 cm³/mol. The minimum Gasteiger partial charge on any atom is -0.493 e. The van der Waals surface area contributed by atoms with Crippen LogP contribution < -0.4 is 15.5 Å². The van der Waals surface area contributed by atoms with Gasteiger partial charge in [0.15, 0.2) is 0 Å². The number of aromatic nitrogens is 3. The zero-order valence-electron chi connectivity index (χ0n) is 20.8. The average Bonchev–Trinajstić information content (AvgIpc) is 3.47. The Bertz CT molecular complexity index is 1310. The lowest BCUT2D eigenvalue weighted by molar-refractivity contribution is -0.119. The average molecular weight is 485 g/mol. The summed E-state index contributed by atoms with van der Waals surface area (Å²) in [5.74, 6) is 1.28.